The third-order valence-electron chi connectivity index (χ3n) is 1.18. The quantitative estimate of drug-likeness (QED) is 0.466. The fourth-order valence-corrected chi connectivity index (χ4v) is 0.654. The van der Waals surface area contributed by atoms with Crippen LogP contribution in [0.25, 0.3) is 0 Å². The summed E-state index contributed by atoms with van der Waals surface area (Å²) in [6.07, 6.45) is 3.09. The molecule has 0 spiro atoms. The first kappa shape index (κ1) is 8.54. The number of carbonyl (C=O) groups is 1. The van der Waals surface area contributed by atoms with E-state index in [4.69, 9.17) is 9.94 Å². The number of hydrogen-bond donors (Lipinski definition) is 2. The molecule has 0 aliphatic heterocycles. The van der Waals surface area contributed by atoms with Gasteiger partial charge >= 0.3 is 0 Å². The second-order valence-corrected chi connectivity index (χ2v) is 2.17. The fraction of sp³-hybridized carbons (Fsp3) is 0.333. The number of carbonyl (C=O) groups excluding carboxylic acids is 1. The molecule has 66 valence electrons. The van der Waals surface area contributed by atoms with Gasteiger partial charge < -0.3 is 4.74 Å². The maximum atomic E-state index is 10.5. The number of aryl methyl sites for hydroxylation is 1. The maximum absolute atomic E-state index is 10.5. The molecule has 6 heteroatoms. The minimum atomic E-state index is -0.598. The molecule has 0 bridgehead atoms. The summed E-state index contributed by atoms with van der Waals surface area (Å²) in [4.78, 5) is 10.5. The summed E-state index contributed by atoms with van der Waals surface area (Å²) < 4.78 is 6.47. The summed E-state index contributed by atoms with van der Waals surface area (Å²) in [5, 5.41) is 11.9. The standard InChI is InChI=1S/C6H9N3O3/c1-9-3-5(2-7-9)12-4-6(10)8-11/h2-3,11H,4H2,1H3,(H,8,10). The van der Waals surface area contributed by atoms with Crippen LogP contribution < -0.4 is 10.2 Å². The van der Waals surface area contributed by atoms with E-state index in [1.165, 1.54) is 11.7 Å². The summed E-state index contributed by atoms with van der Waals surface area (Å²) >= 11 is 0. The van der Waals surface area contributed by atoms with E-state index in [0.717, 1.165) is 0 Å². The van der Waals surface area contributed by atoms with Crippen LogP contribution in [0, 0.1) is 0 Å². The van der Waals surface area contributed by atoms with Gasteiger partial charge in [0.05, 0.1) is 12.4 Å². The van der Waals surface area contributed by atoms with Gasteiger partial charge in [-0.2, -0.15) is 5.10 Å². The van der Waals surface area contributed by atoms with Crippen molar-refractivity contribution in [3.63, 3.8) is 0 Å². The molecule has 2 N–H and O–H groups in total. The van der Waals surface area contributed by atoms with E-state index in [2.05, 4.69) is 5.10 Å². The lowest BCUT2D eigenvalue weighted by Gasteiger charge is -1.99. The molecule has 1 heterocycles. The Labute approximate surface area is 68.7 Å². The van der Waals surface area contributed by atoms with Crippen LogP contribution in [-0.4, -0.2) is 27.5 Å². The smallest absolute Gasteiger partial charge is 0.281 e. The van der Waals surface area contributed by atoms with Crippen molar-refractivity contribution in [3.05, 3.63) is 12.4 Å². The second kappa shape index (κ2) is 3.72. The van der Waals surface area contributed by atoms with Crippen molar-refractivity contribution < 1.29 is 14.7 Å². The molecule has 0 saturated carbocycles. The van der Waals surface area contributed by atoms with Crippen molar-refractivity contribution >= 4 is 5.91 Å². The predicted octanol–water partition coefficient (Wildman–Crippen LogP) is -0.696. The van der Waals surface area contributed by atoms with E-state index in [1.807, 2.05) is 0 Å². The van der Waals surface area contributed by atoms with Gasteiger partial charge in [-0.15, -0.1) is 0 Å². The highest BCUT2D eigenvalue weighted by atomic mass is 16.5. The molecule has 1 aromatic heterocycles. The van der Waals surface area contributed by atoms with Gasteiger partial charge in [0.25, 0.3) is 5.91 Å². The topological polar surface area (TPSA) is 76.4 Å². The highest BCUT2D eigenvalue weighted by molar-refractivity contribution is 5.76. The number of rotatable bonds is 3. The Morgan fingerprint density at radius 3 is 3.17 bits per heavy atom. The molecule has 0 radical (unpaired) electrons. The molecule has 0 aromatic carbocycles. The van der Waals surface area contributed by atoms with E-state index in [0.29, 0.717) is 5.75 Å². The van der Waals surface area contributed by atoms with Crippen molar-refractivity contribution in [1.82, 2.24) is 15.3 Å². The van der Waals surface area contributed by atoms with Gasteiger partial charge in [-0.1, -0.05) is 0 Å². The van der Waals surface area contributed by atoms with Gasteiger partial charge in [0.1, 0.15) is 0 Å². The molecule has 1 rings (SSSR count). The maximum Gasteiger partial charge on any atom is 0.281 e. The van der Waals surface area contributed by atoms with Crippen LogP contribution in [0.15, 0.2) is 12.4 Å². The largest absolute Gasteiger partial charge is 0.480 e. The Morgan fingerprint density at radius 2 is 2.67 bits per heavy atom. The summed E-state index contributed by atoms with van der Waals surface area (Å²) in [5.74, 6) is -0.111. The van der Waals surface area contributed by atoms with Crippen LogP contribution in [0.4, 0.5) is 0 Å². The van der Waals surface area contributed by atoms with E-state index >= 15 is 0 Å². The van der Waals surface area contributed by atoms with Gasteiger partial charge in [-0.3, -0.25) is 14.7 Å². The Hall–Kier alpha value is -1.56. The number of ether oxygens (including phenoxy) is 1. The molecule has 12 heavy (non-hydrogen) atoms. The van der Waals surface area contributed by atoms with Crippen molar-refractivity contribution in [3.8, 4) is 5.75 Å². The Kier molecular flexibility index (Phi) is 2.65. The third-order valence-corrected chi connectivity index (χ3v) is 1.18. The zero-order valence-corrected chi connectivity index (χ0v) is 6.52. The zero-order chi connectivity index (χ0) is 8.97. The Bertz CT molecular complexity index is 271. The highest BCUT2D eigenvalue weighted by Gasteiger charge is 2.01. The molecular formula is C6H9N3O3. The van der Waals surface area contributed by atoms with Crippen LogP contribution >= 0.6 is 0 Å². The first-order chi connectivity index (χ1) is 5.72. The summed E-state index contributed by atoms with van der Waals surface area (Å²) in [7, 11) is 1.74. The lowest BCUT2D eigenvalue weighted by Crippen LogP contribution is -2.25. The van der Waals surface area contributed by atoms with Crippen LogP contribution in [0.2, 0.25) is 0 Å². The zero-order valence-electron chi connectivity index (χ0n) is 6.52. The summed E-state index contributed by atoms with van der Waals surface area (Å²) in [5.41, 5.74) is 1.45. The molecule has 0 atom stereocenters. The van der Waals surface area contributed by atoms with Crippen LogP contribution in [0.5, 0.6) is 5.75 Å². The number of hydrogen-bond acceptors (Lipinski definition) is 4. The highest BCUT2D eigenvalue weighted by Crippen LogP contribution is 2.05. The monoisotopic (exact) mass is 171 g/mol. The fourth-order valence-electron chi connectivity index (χ4n) is 0.654. The molecule has 6 nitrogen and oxygen atoms in total. The van der Waals surface area contributed by atoms with Gasteiger partial charge in [0.2, 0.25) is 0 Å². The summed E-state index contributed by atoms with van der Waals surface area (Å²) in [6.45, 7) is -0.220. The molecule has 0 unspecified atom stereocenters. The van der Waals surface area contributed by atoms with E-state index in [-0.39, 0.29) is 6.61 Å². The third kappa shape index (κ3) is 2.24. The second-order valence-electron chi connectivity index (χ2n) is 2.17. The van der Waals surface area contributed by atoms with Crippen molar-refractivity contribution in [2.45, 2.75) is 0 Å². The molecule has 0 aliphatic carbocycles. The minimum Gasteiger partial charge on any atom is -0.480 e. The van der Waals surface area contributed by atoms with Gasteiger partial charge in [0, 0.05) is 7.05 Å². The average Bonchev–Trinajstić information content (AvgIpc) is 2.47. The predicted molar refractivity (Wildman–Crippen MR) is 38.6 cm³/mol. The van der Waals surface area contributed by atoms with Crippen molar-refractivity contribution in [2.24, 2.45) is 7.05 Å². The Morgan fingerprint density at radius 1 is 1.92 bits per heavy atom. The van der Waals surface area contributed by atoms with E-state index < -0.39 is 5.91 Å². The van der Waals surface area contributed by atoms with Gasteiger partial charge in [-0.05, 0) is 0 Å². The van der Waals surface area contributed by atoms with Crippen LogP contribution in [-0.2, 0) is 11.8 Å². The molecule has 0 aliphatic rings. The van der Waals surface area contributed by atoms with Crippen molar-refractivity contribution in [1.29, 1.82) is 0 Å². The number of nitrogens with zero attached hydrogens (tertiary/aromatic N) is 2. The number of aromatic nitrogens is 2. The molecule has 1 amide bonds. The average molecular weight is 171 g/mol. The SMILES string of the molecule is Cn1cc(OCC(=O)NO)cn1. The van der Waals surface area contributed by atoms with Gasteiger partial charge in [0.15, 0.2) is 12.4 Å². The first-order valence-electron chi connectivity index (χ1n) is 3.27. The van der Waals surface area contributed by atoms with Crippen LogP contribution in [0.3, 0.4) is 0 Å². The lowest BCUT2D eigenvalue weighted by molar-refractivity contribution is -0.131. The molecular weight excluding hydrogens is 162 g/mol. The number of hydroxylamine groups is 1. The van der Waals surface area contributed by atoms with E-state index in [1.54, 1.807) is 17.9 Å². The molecule has 1 aromatic rings. The van der Waals surface area contributed by atoms with E-state index in [9.17, 15) is 4.79 Å². The summed E-state index contributed by atoms with van der Waals surface area (Å²) in [6, 6.07) is 0. The minimum absolute atomic E-state index is 0.220. The normalized spacial score (nSPS) is 9.50. The number of nitrogens with one attached hydrogen (secondary N) is 1. The molecule has 0 saturated heterocycles. The lowest BCUT2D eigenvalue weighted by atomic mass is 10.6. The van der Waals surface area contributed by atoms with Crippen LogP contribution in [0.1, 0.15) is 0 Å². The number of amides is 1. The first-order valence-corrected chi connectivity index (χ1v) is 3.27. The Balaban J connectivity index is 2.38. The van der Waals surface area contributed by atoms with Crippen molar-refractivity contribution in [2.75, 3.05) is 6.61 Å². The molecule has 0 fully saturated rings. The van der Waals surface area contributed by atoms with Gasteiger partial charge in [-0.25, -0.2) is 5.48 Å².